The summed E-state index contributed by atoms with van der Waals surface area (Å²) in [5.41, 5.74) is 5.99. The van der Waals surface area contributed by atoms with E-state index in [1.54, 1.807) is 0 Å². The number of benzene rings is 2. The normalized spacial score (nSPS) is 10.4. The van der Waals surface area contributed by atoms with Crippen molar-refractivity contribution >= 4 is 11.5 Å². The Balaban J connectivity index is 2.46. The minimum absolute atomic E-state index is 0.0919. The second kappa shape index (κ2) is 5.49. The van der Waals surface area contributed by atoms with Gasteiger partial charge in [-0.2, -0.15) is 0 Å². The van der Waals surface area contributed by atoms with Crippen LogP contribution in [0.4, 0.5) is 5.69 Å². The molecule has 0 N–H and O–H groups in total. The molecule has 104 valence electrons. The fourth-order valence-corrected chi connectivity index (χ4v) is 2.29. The lowest BCUT2D eigenvalue weighted by atomic mass is 9.94. The van der Waals surface area contributed by atoms with Gasteiger partial charge in [-0.1, -0.05) is 18.2 Å². The van der Waals surface area contributed by atoms with Gasteiger partial charge in [0.2, 0.25) is 0 Å². The molecule has 0 aliphatic heterocycles. The van der Waals surface area contributed by atoms with Crippen molar-refractivity contribution in [1.82, 2.24) is 0 Å². The van der Waals surface area contributed by atoms with Crippen molar-refractivity contribution in [3.8, 4) is 0 Å². The Morgan fingerprint density at radius 3 is 2.20 bits per heavy atom. The number of aryl methyl sites for hydroxylation is 3. The van der Waals surface area contributed by atoms with E-state index in [0.29, 0.717) is 0 Å². The van der Waals surface area contributed by atoms with Crippen molar-refractivity contribution in [2.24, 2.45) is 0 Å². The van der Waals surface area contributed by atoms with Crippen LogP contribution in [-0.4, -0.2) is 19.9 Å². The first-order chi connectivity index (χ1) is 9.40. The van der Waals surface area contributed by atoms with Gasteiger partial charge in [-0.25, -0.2) is 0 Å². The summed E-state index contributed by atoms with van der Waals surface area (Å²) < 4.78 is 0. The number of rotatable bonds is 3. The minimum Gasteiger partial charge on any atom is -0.378 e. The monoisotopic (exact) mass is 267 g/mol. The predicted octanol–water partition coefficient (Wildman–Crippen LogP) is 3.91. The van der Waals surface area contributed by atoms with Crippen LogP contribution in [0, 0.1) is 20.8 Å². The average molecular weight is 267 g/mol. The van der Waals surface area contributed by atoms with Crippen LogP contribution in [0.1, 0.15) is 32.6 Å². The van der Waals surface area contributed by atoms with Gasteiger partial charge in [0.25, 0.3) is 0 Å². The lowest BCUT2D eigenvalue weighted by Crippen LogP contribution is -2.10. The fraction of sp³-hybridized carbons (Fsp3) is 0.278. The molecular formula is C18H21NO. The van der Waals surface area contributed by atoms with Gasteiger partial charge in [-0.15, -0.1) is 0 Å². The first-order valence-electron chi connectivity index (χ1n) is 6.80. The van der Waals surface area contributed by atoms with Crippen LogP contribution in [0.25, 0.3) is 0 Å². The van der Waals surface area contributed by atoms with Gasteiger partial charge >= 0.3 is 0 Å². The maximum Gasteiger partial charge on any atom is 0.193 e. The van der Waals surface area contributed by atoms with Crippen LogP contribution >= 0.6 is 0 Å². The number of carbonyl (C=O) groups is 1. The second-order valence-electron chi connectivity index (χ2n) is 5.53. The molecule has 0 amide bonds. The number of hydrogen-bond donors (Lipinski definition) is 0. The maximum atomic E-state index is 12.7. The minimum atomic E-state index is 0.0919. The number of hydrogen-bond acceptors (Lipinski definition) is 2. The highest BCUT2D eigenvalue weighted by atomic mass is 16.1. The Labute approximate surface area is 121 Å². The third-order valence-corrected chi connectivity index (χ3v) is 3.71. The molecule has 0 spiro atoms. The SMILES string of the molecule is Cc1cc(C)c(C(=O)c2cccc(N(C)C)c2)cc1C. The van der Waals surface area contributed by atoms with Gasteiger partial charge in [0, 0.05) is 30.9 Å². The Kier molecular flexibility index (Phi) is 3.93. The van der Waals surface area contributed by atoms with E-state index in [9.17, 15) is 4.79 Å². The molecular weight excluding hydrogens is 246 g/mol. The van der Waals surface area contributed by atoms with Gasteiger partial charge in [0.1, 0.15) is 0 Å². The van der Waals surface area contributed by atoms with Crippen molar-refractivity contribution < 1.29 is 4.79 Å². The van der Waals surface area contributed by atoms with E-state index in [-0.39, 0.29) is 5.78 Å². The Morgan fingerprint density at radius 1 is 0.900 bits per heavy atom. The Hall–Kier alpha value is -2.09. The van der Waals surface area contributed by atoms with E-state index in [1.807, 2.05) is 63.2 Å². The van der Waals surface area contributed by atoms with E-state index >= 15 is 0 Å². The smallest absolute Gasteiger partial charge is 0.193 e. The molecule has 0 unspecified atom stereocenters. The van der Waals surface area contributed by atoms with Crippen molar-refractivity contribution in [2.45, 2.75) is 20.8 Å². The number of ketones is 1. The van der Waals surface area contributed by atoms with Gasteiger partial charge in [0.05, 0.1) is 0 Å². The predicted molar refractivity (Wildman–Crippen MR) is 84.9 cm³/mol. The summed E-state index contributed by atoms with van der Waals surface area (Å²) in [6.07, 6.45) is 0. The molecule has 0 aliphatic rings. The summed E-state index contributed by atoms with van der Waals surface area (Å²) in [5, 5.41) is 0. The molecule has 0 aliphatic carbocycles. The van der Waals surface area contributed by atoms with E-state index < -0.39 is 0 Å². The molecule has 0 saturated carbocycles. The summed E-state index contributed by atoms with van der Waals surface area (Å²) in [5.74, 6) is 0.0919. The fourth-order valence-electron chi connectivity index (χ4n) is 2.29. The Bertz CT molecular complexity index is 656. The maximum absolute atomic E-state index is 12.7. The zero-order chi connectivity index (χ0) is 14.9. The standard InChI is InChI=1S/C18H21NO/c1-12-9-14(3)17(10-13(12)2)18(20)15-7-6-8-16(11-15)19(4)5/h6-11H,1-5H3. The molecule has 0 heterocycles. The average Bonchev–Trinajstić information content (AvgIpc) is 2.42. The summed E-state index contributed by atoms with van der Waals surface area (Å²) in [6, 6.07) is 11.8. The molecule has 2 heteroatoms. The largest absolute Gasteiger partial charge is 0.378 e. The van der Waals surface area contributed by atoms with E-state index in [2.05, 4.69) is 13.0 Å². The highest BCUT2D eigenvalue weighted by Crippen LogP contribution is 2.21. The molecule has 0 bridgehead atoms. The van der Waals surface area contributed by atoms with Crippen LogP contribution in [-0.2, 0) is 0 Å². The third-order valence-electron chi connectivity index (χ3n) is 3.71. The van der Waals surface area contributed by atoms with Crippen LogP contribution < -0.4 is 4.90 Å². The first kappa shape index (κ1) is 14.3. The molecule has 0 aromatic heterocycles. The molecule has 0 radical (unpaired) electrons. The molecule has 20 heavy (non-hydrogen) atoms. The highest BCUT2D eigenvalue weighted by molar-refractivity contribution is 6.10. The van der Waals surface area contributed by atoms with Crippen molar-refractivity contribution in [3.05, 3.63) is 64.2 Å². The van der Waals surface area contributed by atoms with Crippen LogP contribution in [0.5, 0.6) is 0 Å². The van der Waals surface area contributed by atoms with E-state index in [0.717, 1.165) is 27.9 Å². The summed E-state index contributed by atoms with van der Waals surface area (Å²) in [4.78, 5) is 14.7. The topological polar surface area (TPSA) is 20.3 Å². The zero-order valence-electron chi connectivity index (χ0n) is 12.8. The Morgan fingerprint density at radius 2 is 1.55 bits per heavy atom. The van der Waals surface area contributed by atoms with Crippen molar-refractivity contribution in [1.29, 1.82) is 0 Å². The molecule has 2 rings (SSSR count). The molecule has 2 aromatic carbocycles. The van der Waals surface area contributed by atoms with Gasteiger partial charge in [-0.05, 0) is 55.7 Å². The van der Waals surface area contributed by atoms with E-state index in [4.69, 9.17) is 0 Å². The highest BCUT2D eigenvalue weighted by Gasteiger charge is 2.13. The van der Waals surface area contributed by atoms with E-state index in [1.165, 1.54) is 5.56 Å². The number of carbonyl (C=O) groups excluding carboxylic acids is 1. The lowest BCUT2D eigenvalue weighted by molar-refractivity contribution is 0.103. The lowest BCUT2D eigenvalue weighted by Gasteiger charge is -2.14. The molecule has 2 aromatic rings. The molecule has 0 fully saturated rings. The molecule has 0 saturated heterocycles. The first-order valence-corrected chi connectivity index (χ1v) is 6.80. The number of nitrogens with zero attached hydrogens (tertiary/aromatic N) is 1. The van der Waals surface area contributed by atoms with Crippen LogP contribution in [0.3, 0.4) is 0 Å². The summed E-state index contributed by atoms with van der Waals surface area (Å²) >= 11 is 0. The van der Waals surface area contributed by atoms with Crippen LogP contribution in [0.15, 0.2) is 36.4 Å². The zero-order valence-corrected chi connectivity index (χ0v) is 12.8. The van der Waals surface area contributed by atoms with Crippen LogP contribution in [0.2, 0.25) is 0 Å². The number of anilines is 1. The quantitative estimate of drug-likeness (QED) is 0.786. The van der Waals surface area contributed by atoms with Gasteiger partial charge in [0.15, 0.2) is 5.78 Å². The summed E-state index contributed by atoms with van der Waals surface area (Å²) in [6.45, 7) is 6.11. The molecule has 2 nitrogen and oxygen atoms in total. The van der Waals surface area contributed by atoms with Crippen molar-refractivity contribution in [3.63, 3.8) is 0 Å². The second-order valence-corrected chi connectivity index (χ2v) is 5.53. The van der Waals surface area contributed by atoms with Gasteiger partial charge in [-0.3, -0.25) is 4.79 Å². The van der Waals surface area contributed by atoms with Crippen molar-refractivity contribution in [2.75, 3.05) is 19.0 Å². The molecule has 0 atom stereocenters. The summed E-state index contributed by atoms with van der Waals surface area (Å²) in [7, 11) is 3.95. The third kappa shape index (κ3) is 2.74. The van der Waals surface area contributed by atoms with Gasteiger partial charge < -0.3 is 4.90 Å².